The van der Waals surface area contributed by atoms with Crippen molar-refractivity contribution < 1.29 is 14.3 Å². The highest BCUT2D eigenvalue weighted by atomic mass is 32.2. The molecule has 0 aromatic carbocycles. The molecule has 0 bridgehead atoms. The Morgan fingerprint density at radius 2 is 2.37 bits per heavy atom. The van der Waals surface area contributed by atoms with Gasteiger partial charge in [-0.05, 0) is 26.8 Å². The molecule has 5 heteroatoms. The second kappa shape index (κ2) is 6.01. The van der Waals surface area contributed by atoms with Crippen molar-refractivity contribution in [3.8, 4) is 0 Å². The number of hydrogen-bond donors (Lipinski definition) is 1. The van der Waals surface area contributed by atoms with Gasteiger partial charge in [0.25, 0.3) is 0 Å². The monoisotopic (exact) mass is 283 g/mol. The Hall–Kier alpha value is -0.940. The molecule has 4 nitrogen and oxygen atoms in total. The molecule has 19 heavy (non-hydrogen) atoms. The zero-order valence-corrected chi connectivity index (χ0v) is 12.5. The van der Waals surface area contributed by atoms with Crippen LogP contribution < -0.4 is 0 Å². The van der Waals surface area contributed by atoms with Gasteiger partial charge in [-0.2, -0.15) is 11.8 Å². The summed E-state index contributed by atoms with van der Waals surface area (Å²) in [5.41, 5.74) is 1.18. The van der Waals surface area contributed by atoms with Crippen LogP contribution in [0.15, 0.2) is 10.5 Å². The minimum absolute atomic E-state index is 0.112. The predicted molar refractivity (Wildman–Crippen MR) is 76.7 cm³/mol. The van der Waals surface area contributed by atoms with Crippen molar-refractivity contribution in [2.24, 2.45) is 0 Å². The lowest BCUT2D eigenvalue weighted by Gasteiger charge is -2.38. The number of thioether (sulfide) groups is 1. The van der Waals surface area contributed by atoms with Crippen LogP contribution in [0.3, 0.4) is 0 Å². The molecule has 0 radical (unpaired) electrons. The van der Waals surface area contributed by atoms with Gasteiger partial charge in [-0.1, -0.05) is 0 Å². The summed E-state index contributed by atoms with van der Waals surface area (Å²) >= 11 is 1.84. The molecular weight excluding hydrogens is 262 g/mol. The van der Waals surface area contributed by atoms with Crippen molar-refractivity contribution in [2.45, 2.75) is 39.3 Å². The number of carboxylic acids is 1. The molecule has 0 amide bonds. The van der Waals surface area contributed by atoms with Crippen LogP contribution in [0.1, 0.15) is 36.5 Å². The van der Waals surface area contributed by atoms with Crippen LogP contribution >= 0.6 is 11.8 Å². The van der Waals surface area contributed by atoms with Crippen LogP contribution in [0, 0.1) is 13.8 Å². The maximum absolute atomic E-state index is 11.0. The lowest BCUT2D eigenvalue weighted by atomic mass is 10.0. The molecule has 2 rings (SSSR count). The van der Waals surface area contributed by atoms with E-state index in [1.165, 1.54) is 5.56 Å². The SMILES string of the molecule is Cc1cc(C(C)N2CCSCC2CC(=O)O)c(C)o1. The lowest BCUT2D eigenvalue weighted by molar-refractivity contribution is -0.138. The summed E-state index contributed by atoms with van der Waals surface area (Å²) in [7, 11) is 0. The first-order valence-electron chi connectivity index (χ1n) is 6.61. The molecular formula is C14H21NO3S. The normalized spacial score (nSPS) is 22.4. The van der Waals surface area contributed by atoms with E-state index in [4.69, 9.17) is 9.52 Å². The average molecular weight is 283 g/mol. The molecule has 1 N–H and O–H groups in total. The highest BCUT2D eigenvalue weighted by Gasteiger charge is 2.30. The molecule has 0 spiro atoms. The minimum Gasteiger partial charge on any atom is -0.481 e. The van der Waals surface area contributed by atoms with Gasteiger partial charge in [0.05, 0.1) is 6.42 Å². The number of nitrogens with zero attached hydrogens (tertiary/aromatic N) is 1. The number of carbonyl (C=O) groups is 1. The van der Waals surface area contributed by atoms with E-state index in [1.807, 2.05) is 25.6 Å². The largest absolute Gasteiger partial charge is 0.481 e. The zero-order valence-electron chi connectivity index (χ0n) is 11.7. The van der Waals surface area contributed by atoms with Crippen LogP contribution in [0.25, 0.3) is 0 Å². The Morgan fingerprint density at radius 1 is 1.63 bits per heavy atom. The Labute approximate surface area is 118 Å². The number of aryl methyl sites for hydroxylation is 2. The van der Waals surface area contributed by atoms with E-state index < -0.39 is 5.97 Å². The second-order valence-electron chi connectivity index (χ2n) is 5.11. The minimum atomic E-state index is -0.718. The number of rotatable bonds is 4. The van der Waals surface area contributed by atoms with Gasteiger partial charge >= 0.3 is 5.97 Å². The molecule has 0 aliphatic carbocycles. The summed E-state index contributed by atoms with van der Waals surface area (Å²) in [6.07, 6.45) is 0.215. The van der Waals surface area contributed by atoms with Gasteiger partial charge in [-0.3, -0.25) is 9.69 Å². The number of hydrogen-bond acceptors (Lipinski definition) is 4. The molecule has 1 aliphatic rings. The van der Waals surface area contributed by atoms with Crippen LogP contribution in [0.5, 0.6) is 0 Å². The maximum atomic E-state index is 11.0. The van der Waals surface area contributed by atoms with Crippen LogP contribution in [0.2, 0.25) is 0 Å². The van der Waals surface area contributed by atoms with Gasteiger partial charge in [0, 0.05) is 35.7 Å². The van der Waals surface area contributed by atoms with E-state index in [-0.39, 0.29) is 18.5 Å². The quantitative estimate of drug-likeness (QED) is 0.921. The fourth-order valence-electron chi connectivity index (χ4n) is 2.80. The first-order chi connectivity index (χ1) is 8.99. The fourth-order valence-corrected chi connectivity index (χ4v) is 3.89. The molecule has 1 aromatic heterocycles. The van der Waals surface area contributed by atoms with E-state index >= 15 is 0 Å². The number of furan rings is 1. The van der Waals surface area contributed by atoms with Gasteiger partial charge in [0.15, 0.2) is 0 Å². The number of carboxylic acid groups (broad SMARTS) is 1. The van der Waals surface area contributed by atoms with Crippen molar-refractivity contribution in [1.82, 2.24) is 4.90 Å². The second-order valence-corrected chi connectivity index (χ2v) is 6.26. The lowest BCUT2D eigenvalue weighted by Crippen LogP contribution is -2.44. The topological polar surface area (TPSA) is 53.7 Å². The first kappa shape index (κ1) is 14.5. The molecule has 2 unspecified atom stereocenters. The highest BCUT2D eigenvalue weighted by Crippen LogP contribution is 2.31. The van der Waals surface area contributed by atoms with E-state index in [0.29, 0.717) is 0 Å². The third-order valence-electron chi connectivity index (χ3n) is 3.71. The molecule has 2 atom stereocenters. The molecule has 2 heterocycles. The summed E-state index contributed by atoms with van der Waals surface area (Å²) in [6, 6.07) is 2.39. The predicted octanol–water partition coefficient (Wildman–Crippen LogP) is 2.85. The van der Waals surface area contributed by atoms with Crippen molar-refractivity contribution in [3.63, 3.8) is 0 Å². The third kappa shape index (κ3) is 3.34. The van der Waals surface area contributed by atoms with Gasteiger partial charge in [-0.25, -0.2) is 0 Å². The van der Waals surface area contributed by atoms with Crippen LogP contribution in [-0.2, 0) is 4.79 Å². The Bertz CT molecular complexity index is 458. The average Bonchev–Trinajstić information content (AvgIpc) is 2.67. The Morgan fingerprint density at radius 3 is 2.95 bits per heavy atom. The summed E-state index contributed by atoms with van der Waals surface area (Å²) < 4.78 is 5.59. The summed E-state index contributed by atoms with van der Waals surface area (Å²) in [4.78, 5) is 13.3. The van der Waals surface area contributed by atoms with E-state index in [9.17, 15) is 4.79 Å². The zero-order chi connectivity index (χ0) is 14.0. The van der Waals surface area contributed by atoms with Gasteiger partial charge in [0.1, 0.15) is 11.5 Å². The maximum Gasteiger partial charge on any atom is 0.304 e. The molecule has 1 aromatic rings. The molecule has 1 fully saturated rings. The van der Waals surface area contributed by atoms with Crippen molar-refractivity contribution in [2.75, 3.05) is 18.1 Å². The van der Waals surface area contributed by atoms with Gasteiger partial charge in [-0.15, -0.1) is 0 Å². The van der Waals surface area contributed by atoms with Crippen molar-refractivity contribution >= 4 is 17.7 Å². The highest BCUT2D eigenvalue weighted by molar-refractivity contribution is 7.99. The fraction of sp³-hybridized carbons (Fsp3) is 0.643. The summed E-state index contributed by atoms with van der Waals surface area (Å²) in [5.74, 6) is 3.10. The standard InChI is InChI=1S/C14H21NO3S/c1-9-6-13(11(3)18-9)10(2)15-4-5-19-8-12(15)7-14(16)17/h6,10,12H,4-5,7-8H2,1-3H3,(H,16,17). The molecule has 106 valence electrons. The Balaban J connectivity index is 2.17. The van der Waals surface area contributed by atoms with Crippen molar-refractivity contribution in [1.29, 1.82) is 0 Å². The smallest absolute Gasteiger partial charge is 0.304 e. The molecule has 1 saturated heterocycles. The summed E-state index contributed by atoms with van der Waals surface area (Å²) in [5, 5.41) is 9.04. The third-order valence-corrected chi connectivity index (χ3v) is 4.80. The Kier molecular flexibility index (Phi) is 4.58. The first-order valence-corrected chi connectivity index (χ1v) is 7.76. The van der Waals surface area contributed by atoms with E-state index in [0.717, 1.165) is 29.6 Å². The molecule has 0 saturated carbocycles. The van der Waals surface area contributed by atoms with Crippen molar-refractivity contribution in [3.05, 3.63) is 23.2 Å². The van der Waals surface area contributed by atoms with E-state index in [2.05, 4.69) is 17.9 Å². The van der Waals surface area contributed by atoms with Gasteiger partial charge < -0.3 is 9.52 Å². The number of aliphatic carboxylic acids is 1. The van der Waals surface area contributed by atoms with E-state index in [1.54, 1.807) is 0 Å². The van der Waals surface area contributed by atoms with Crippen LogP contribution in [-0.4, -0.2) is 40.1 Å². The summed E-state index contributed by atoms with van der Waals surface area (Å²) in [6.45, 7) is 7.00. The van der Waals surface area contributed by atoms with Gasteiger partial charge in [0.2, 0.25) is 0 Å². The van der Waals surface area contributed by atoms with Crippen LogP contribution in [0.4, 0.5) is 0 Å². The molecule has 1 aliphatic heterocycles.